The number of thiophene rings is 1. The van der Waals surface area contributed by atoms with Gasteiger partial charge in [-0.2, -0.15) is 0 Å². The predicted octanol–water partition coefficient (Wildman–Crippen LogP) is 2.87. The molecule has 0 radical (unpaired) electrons. The molecule has 1 heterocycles. The van der Waals surface area contributed by atoms with Gasteiger partial charge in [0.25, 0.3) is 0 Å². The van der Waals surface area contributed by atoms with E-state index >= 15 is 0 Å². The highest BCUT2D eigenvalue weighted by atomic mass is 32.1. The Bertz CT molecular complexity index is 535. The second-order valence-corrected chi connectivity index (χ2v) is 6.54. The zero-order chi connectivity index (χ0) is 16.2. The topological polar surface area (TPSA) is 67.4 Å². The van der Waals surface area contributed by atoms with Gasteiger partial charge >= 0.3 is 5.97 Å². The summed E-state index contributed by atoms with van der Waals surface area (Å²) in [6.45, 7) is 12.1. The van der Waals surface area contributed by atoms with E-state index in [1.54, 1.807) is 6.92 Å². The maximum Gasteiger partial charge on any atom is 0.341 e. The van der Waals surface area contributed by atoms with Crippen molar-refractivity contribution in [3.05, 3.63) is 16.0 Å². The van der Waals surface area contributed by atoms with E-state index in [9.17, 15) is 9.59 Å². The Hall–Kier alpha value is -1.40. The number of rotatable bonds is 6. The van der Waals surface area contributed by atoms with Crippen molar-refractivity contribution in [3.8, 4) is 0 Å². The molecule has 0 aromatic carbocycles. The van der Waals surface area contributed by atoms with Crippen LogP contribution in [0.3, 0.4) is 0 Å². The van der Waals surface area contributed by atoms with Gasteiger partial charge in [-0.25, -0.2) is 4.79 Å². The second-order valence-electron chi connectivity index (χ2n) is 5.32. The molecule has 1 aromatic rings. The van der Waals surface area contributed by atoms with Crippen LogP contribution >= 0.6 is 11.3 Å². The molecule has 0 aliphatic heterocycles. The summed E-state index contributed by atoms with van der Waals surface area (Å²) in [4.78, 5) is 25.4. The van der Waals surface area contributed by atoms with Crippen LogP contribution in [-0.2, 0) is 9.53 Å². The van der Waals surface area contributed by atoms with Crippen molar-refractivity contribution in [3.63, 3.8) is 0 Å². The summed E-state index contributed by atoms with van der Waals surface area (Å²) in [7, 11) is 0. The molecule has 1 amide bonds. The first-order valence-corrected chi connectivity index (χ1v) is 7.89. The average Bonchev–Trinajstić information content (AvgIpc) is 2.65. The fourth-order valence-electron chi connectivity index (χ4n) is 1.95. The van der Waals surface area contributed by atoms with Crippen LogP contribution < -0.4 is 10.6 Å². The zero-order valence-electron chi connectivity index (χ0n) is 13.5. The number of hydrogen-bond donors (Lipinski definition) is 2. The molecule has 6 heteroatoms. The summed E-state index contributed by atoms with van der Waals surface area (Å²) in [5.41, 5.74) is 0.613. The number of carbonyl (C=O) groups is 2. The highest BCUT2D eigenvalue weighted by Gasteiger charge is 2.29. The first kappa shape index (κ1) is 17.7. The smallest absolute Gasteiger partial charge is 0.341 e. The number of hydrogen-bond acceptors (Lipinski definition) is 5. The van der Waals surface area contributed by atoms with Crippen molar-refractivity contribution >= 4 is 28.2 Å². The van der Waals surface area contributed by atoms with Gasteiger partial charge in [0.15, 0.2) is 0 Å². The van der Waals surface area contributed by atoms with Gasteiger partial charge in [0.1, 0.15) is 5.00 Å². The molecule has 0 atom stereocenters. The summed E-state index contributed by atoms with van der Waals surface area (Å²) in [6, 6.07) is 0. The normalized spacial score (nSPS) is 11.3. The van der Waals surface area contributed by atoms with E-state index in [1.807, 2.05) is 34.6 Å². The SMILES string of the molecule is CCNC(C)(C)C(=O)Nc1sc(C)c(C)c1C(=O)OCC. The van der Waals surface area contributed by atoms with E-state index in [4.69, 9.17) is 4.74 Å². The van der Waals surface area contributed by atoms with Crippen molar-refractivity contribution in [1.29, 1.82) is 0 Å². The quantitative estimate of drug-likeness (QED) is 0.793. The van der Waals surface area contributed by atoms with Crippen LogP contribution in [0, 0.1) is 13.8 Å². The van der Waals surface area contributed by atoms with Gasteiger partial charge in [0, 0.05) is 4.88 Å². The van der Waals surface area contributed by atoms with Gasteiger partial charge < -0.3 is 15.4 Å². The van der Waals surface area contributed by atoms with Crippen LogP contribution in [0.1, 0.15) is 48.5 Å². The monoisotopic (exact) mass is 312 g/mol. The van der Waals surface area contributed by atoms with Gasteiger partial charge in [-0.1, -0.05) is 6.92 Å². The van der Waals surface area contributed by atoms with Crippen molar-refractivity contribution in [2.45, 2.75) is 47.1 Å². The molecule has 1 aromatic heterocycles. The molecule has 0 spiro atoms. The zero-order valence-corrected chi connectivity index (χ0v) is 14.4. The molecular weight excluding hydrogens is 288 g/mol. The Morgan fingerprint density at radius 1 is 1.24 bits per heavy atom. The van der Waals surface area contributed by atoms with Crippen LogP contribution in [0.4, 0.5) is 5.00 Å². The minimum Gasteiger partial charge on any atom is -0.462 e. The van der Waals surface area contributed by atoms with Gasteiger partial charge in [-0.05, 0) is 46.7 Å². The van der Waals surface area contributed by atoms with Crippen LogP contribution in [0.25, 0.3) is 0 Å². The molecule has 21 heavy (non-hydrogen) atoms. The van der Waals surface area contributed by atoms with Crippen LogP contribution in [0.5, 0.6) is 0 Å². The van der Waals surface area contributed by atoms with E-state index in [2.05, 4.69) is 10.6 Å². The lowest BCUT2D eigenvalue weighted by Gasteiger charge is -2.24. The van der Waals surface area contributed by atoms with Crippen LogP contribution in [0.2, 0.25) is 0 Å². The molecule has 1 rings (SSSR count). The van der Waals surface area contributed by atoms with Crippen molar-refractivity contribution in [1.82, 2.24) is 5.32 Å². The Kier molecular flexibility index (Phi) is 5.92. The number of nitrogens with one attached hydrogen (secondary N) is 2. The fourth-order valence-corrected chi connectivity index (χ4v) is 2.99. The van der Waals surface area contributed by atoms with Gasteiger partial charge in [0.2, 0.25) is 5.91 Å². The third-order valence-corrected chi connectivity index (χ3v) is 4.40. The number of ether oxygens (including phenoxy) is 1. The molecule has 0 aliphatic rings. The number of esters is 1. The predicted molar refractivity (Wildman–Crippen MR) is 86.1 cm³/mol. The lowest BCUT2D eigenvalue weighted by Crippen LogP contribution is -2.49. The third kappa shape index (κ3) is 4.04. The number of anilines is 1. The first-order chi connectivity index (χ1) is 9.74. The Balaban J connectivity index is 3.06. The lowest BCUT2D eigenvalue weighted by atomic mass is 10.0. The molecule has 0 aliphatic carbocycles. The maximum absolute atomic E-state index is 12.4. The molecule has 0 fully saturated rings. The summed E-state index contributed by atoms with van der Waals surface area (Å²) in [6.07, 6.45) is 0. The van der Waals surface area contributed by atoms with E-state index < -0.39 is 11.5 Å². The van der Waals surface area contributed by atoms with Gasteiger partial charge in [-0.15, -0.1) is 11.3 Å². The highest BCUT2D eigenvalue weighted by molar-refractivity contribution is 7.16. The molecule has 5 nitrogen and oxygen atoms in total. The molecular formula is C15H24N2O3S. The summed E-state index contributed by atoms with van der Waals surface area (Å²) in [5.74, 6) is -0.563. The summed E-state index contributed by atoms with van der Waals surface area (Å²) in [5, 5.41) is 6.52. The highest BCUT2D eigenvalue weighted by Crippen LogP contribution is 2.33. The fraction of sp³-hybridized carbons (Fsp3) is 0.600. The Morgan fingerprint density at radius 2 is 1.86 bits per heavy atom. The van der Waals surface area contributed by atoms with Crippen molar-refractivity contribution in [2.75, 3.05) is 18.5 Å². The first-order valence-electron chi connectivity index (χ1n) is 7.08. The Labute approximate surface area is 130 Å². The molecule has 0 saturated heterocycles. The number of likely N-dealkylation sites (N-methyl/N-ethyl adjacent to an activating group) is 1. The van der Waals surface area contributed by atoms with Gasteiger partial charge in [0.05, 0.1) is 17.7 Å². The van der Waals surface area contributed by atoms with Crippen LogP contribution in [0.15, 0.2) is 0 Å². The number of amides is 1. The Morgan fingerprint density at radius 3 is 2.38 bits per heavy atom. The van der Waals surface area contributed by atoms with E-state index in [1.165, 1.54) is 11.3 Å². The van der Waals surface area contributed by atoms with Crippen molar-refractivity contribution in [2.24, 2.45) is 0 Å². The largest absolute Gasteiger partial charge is 0.462 e. The number of aryl methyl sites for hydroxylation is 1. The maximum atomic E-state index is 12.4. The minimum atomic E-state index is -0.702. The summed E-state index contributed by atoms with van der Waals surface area (Å²) >= 11 is 1.40. The van der Waals surface area contributed by atoms with E-state index in [-0.39, 0.29) is 5.91 Å². The molecule has 2 N–H and O–H groups in total. The standard InChI is InChI=1S/C15H24N2O3S/c1-7-16-15(5,6)14(19)17-12-11(13(18)20-8-2)9(3)10(4)21-12/h16H,7-8H2,1-6H3,(H,17,19). The summed E-state index contributed by atoms with van der Waals surface area (Å²) < 4.78 is 5.08. The van der Waals surface area contributed by atoms with E-state index in [0.29, 0.717) is 23.7 Å². The molecule has 118 valence electrons. The molecule has 0 unspecified atom stereocenters. The molecule has 0 saturated carbocycles. The lowest BCUT2D eigenvalue weighted by molar-refractivity contribution is -0.121. The van der Waals surface area contributed by atoms with Crippen molar-refractivity contribution < 1.29 is 14.3 Å². The number of carbonyl (C=O) groups excluding carboxylic acids is 2. The molecule has 0 bridgehead atoms. The third-order valence-electron chi connectivity index (χ3n) is 3.28. The van der Waals surface area contributed by atoms with E-state index in [0.717, 1.165) is 10.4 Å². The van der Waals surface area contributed by atoms with Gasteiger partial charge in [-0.3, -0.25) is 4.79 Å². The average molecular weight is 312 g/mol. The van der Waals surface area contributed by atoms with Crippen LogP contribution in [-0.4, -0.2) is 30.6 Å². The second kappa shape index (κ2) is 7.04. The minimum absolute atomic E-state index is 0.170.